The van der Waals surface area contributed by atoms with Gasteiger partial charge < -0.3 is 10.6 Å². The Morgan fingerprint density at radius 2 is 1.56 bits per heavy atom. The predicted molar refractivity (Wildman–Crippen MR) is 100 cm³/mol. The zero-order chi connectivity index (χ0) is 17.8. The lowest BCUT2D eigenvalue weighted by atomic mass is 10.1. The maximum atomic E-state index is 12.5. The Labute approximate surface area is 148 Å². The highest BCUT2D eigenvalue weighted by Gasteiger charge is 2.18. The fraction of sp³-hybridized carbons (Fsp3) is 0.333. The number of nitrogens with one attached hydrogen (secondary N) is 2. The highest BCUT2D eigenvalue weighted by Crippen LogP contribution is 2.19. The summed E-state index contributed by atoms with van der Waals surface area (Å²) in [5.41, 5.74) is 4.08. The average Bonchev–Trinajstić information content (AvgIpc) is 3.11. The van der Waals surface area contributed by atoms with Gasteiger partial charge in [-0.05, 0) is 68.1 Å². The highest BCUT2D eigenvalue weighted by molar-refractivity contribution is 6.06. The fourth-order valence-electron chi connectivity index (χ4n) is 3.16. The Bertz CT molecular complexity index is 792. The van der Waals surface area contributed by atoms with Crippen molar-refractivity contribution in [3.8, 4) is 0 Å². The summed E-state index contributed by atoms with van der Waals surface area (Å²) in [5, 5.41) is 5.95. The SMILES string of the molecule is Cc1ccc(NC(=O)c2cccc(C(=O)NC3CCCC3)c2)cc1C. The van der Waals surface area contributed by atoms with Crippen LogP contribution < -0.4 is 10.6 Å². The van der Waals surface area contributed by atoms with Gasteiger partial charge in [0.2, 0.25) is 0 Å². The standard InChI is InChI=1S/C21H24N2O2/c1-14-10-11-19(12-15(14)2)23-21(25)17-7-5-6-16(13-17)20(24)22-18-8-3-4-9-18/h5-7,10-13,18H,3-4,8-9H2,1-2H3,(H,22,24)(H,23,25). The van der Waals surface area contributed by atoms with Gasteiger partial charge in [-0.1, -0.05) is 25.0 Å². The summed E-state index contributed by atoms with van der Waals surface area (Å²) in [7, 11) is 0. The van der Waals surface area contributed by atoms with Crippen LogP contribution in [0.4, 0.5) is 5.69 Å². The molecule has 0 unspecified atom stereocenters. The summed E-state index contributed by atoms with van der Waals surface area (Å²) in [6.45, 7) is 4.05. The Morgan fingerprint density at radius 1 is 0.880 bits per heavy atom. The summed E-state index contributed by atoms with van der Waals surface area (Å²) in [6.07, 6.45) is 4.42. The lowest BCUT2D eigenvalue weighted by Gasteiger charge is -2.12. The third kappa shape index (κ3) is 4.27. The van der Waals surface area contributed by atoms with Crippen LogP contribution in [0.3, 0.4) is 0 Å². The van der Waals surface area contributed by atoms with Crippen molar-refractivity contribution < 1.29 is 9.59 Å². The van der Waals surface area contributed by atoms with Gasteiger partial charge >= 0.3 is 0 Å². The van der Waals surface area contributed by atoms with Gasteiger partial charge in [-0.15, -0.1) is 0 Å². The molecule has 25 heavy (non-hydrogen) atoms. The highest BCUT2D eigenvalue weighted by atomic mass is 16.2. The first kappa shape index (κ1) is 17.2. The molecule has 2 aromatic carbocycles. The molecular weight excluding hydrogens is 312 g/mol. The van der Waals surface area contributed by atoms with Crippen molar-refractivity contribution >= 4 is 17.5 Å². The van der Waals surface area contributed by atoms with Crippen LogP contribution in [0.25, 0.3) is 0 Å². The molecule has 0 aromatic heterocycles. The van der Waals surface area contributed by atoms with Gasteiger partial charge in [0.1, 0.15) is 0 Å². The summed E-state index contributed by atoms with van der Waals surface area (Å²) in [6, 6.07) is 13.0. The number of aryl methyl sites for hydroxylation is 2. The second-order valence-corrected chi connectivity index (χ2v) is 6.79. The molecule has 1 fully saturated rings. The monoisotopic (exact) mass is 336 g/mol. The molecule has 2 N–H and O–H groups in total. The van der Waals surface area contributed by atoms with Crippen molar-refractivity contribution in [2.75, 3.05) is 5.32 Å². The normalized spacial score (nSPS) is 14.3. The van der Waals surface area contributed by atoms with Crippen LogP contribution in [0.2, 0.25) is 0 Å². The van der Waals surface area contributed by atoms with Gasteiger partial charge in [0.05, 0.1) is 0 Å². The minimum Gasteiger partial charge on any atom is -0.349 e. The third-order valence-electron chi connectivity index (χ3n) is 4.84. The summed E-state index contributed by atoms with van der Waals surface area (Å²) >= 11 is 0. The van der Waals surface area contributed by atoms with Crippen LogP contribution in [-0.2, 0) is 0 Å². The van der Waals surface area contributed by atoms with E-state index >= 15 is 0 Å². The maximum Gasteiger partial charge on any atom is 0.255 e. The Kier molecular flexibility index (Phi) is 5.17. The van der Waals surface area contributed by atoms with Crippen LogP contribution in [-0.4, -0.2) is 17.9 Å². The predicted octanol–water partition coefficient (Wildman–Crippen LogP) is 4.23. The number of carbonyl (C=O) groups excluding carboxylic acids is 2. The van der Waals surface area contributed by atoms with E-state index in [-0.39, 0.29) is 17.9 Å². The van der Waals surface area contributed by atoms with Gasteiger partial charge in [0, 0.05) is 22.9 Å². The molecule has 0 bridgehead atoms. The topological polar surface area (TPSA) is 58.2 Å². The molecule has 0 saturated heterocycles. The van der Waals surface area contributed by atoms with E-state index in [4.69, 9.17) is 0 Å². The van der Waals surface area contributed by atoms with Crippen LogP contribution in [0, 0.1) is 13.8 Å². The molecule has 130 valence electrons. The molecule has 2 amide bonds. The number of anilines is 1. The van der Waals surface area contributed by atoms with Crippen LogP contribution >= 0.6 is 0 Å². The van der Waals surface area contributed by atoms with E-state index in [0.717, 1.165) is 24.1 Å². The minimum absolute atomic E-state index is 0.104. The zero-order valence-electron chi connectivity index (χ0n) is 14.8. The number of hydrogen-bond donors (Lipinski definition) is 2. The quantitative estimate of drug-likeness (QED) is 0.878. The summed E-state index contributed by atoms with van der Waals surface area (Å²) in [4.78, 5) is 24.9. The molecule has 4 heteroatoms. The number of hydrogen-bond acceptors (Lipinski definition) is 2. The number of benzene rings is 2. The molecule has 1 aliphatic rings. The van der Waals surface area contributed by atoms with Gasteiger partial charge in [0.15, 0.2) is 0 Å². The number of amides is 2. The first-order valence-electron chi connectivity index (χ1n) is 8.82. The Morgan fingerprint density at radius 3 is 2.24 bits per heavy atom. The van der Waals surface area contributed by atoms with E-state index in [1.54, 1.807) is 24.3 Å². The van der Waals surface area contributed by atoms with Gasteiger partial charge in [-0.2, -0.15) is 0 Å². The van der Waals surface area contributed by atoms with E-state index in [9.17, 15) is 9.59 Å². The molecule has 0 atom stereocenters. The summed E-state index contributed by atoms with van der Waals surface area (Å²) < 4.78 is 0. The molecule has 3 rings (SSSR count). The largest absolute Gasteiger partial charge is 0.349 e. The van der Waals surface area contributed by atoms with Gasteiger partial charge in [0.25, 0.3) is 11.8 Å². The minimum atomic E-state index is -0.209. The third-order valence-corrected chi connectivity index (χ3v) is 4.84. The maximum absolute atomic E-state index is 12.5. The van der Waals surface area contributed by atoms with Crippen molar-refractivity contribution in [1.29, 1.82) is 0 Å². The molecular formula is C21H24N2O2. The molecule has 4 nitrogen and oxygen atoms in total. The van der Waals surface area contributed by atoms with E-state index in [0.29, 0.717) is 11.1 Å². The van der Waals surface area contributed by atoms with Crippen molar-refractivity contribution in [3.05, 3.63) is 64.7 Å². The van der Waals surface area contributed by atoms with Gasteiger partial charge in [-0.25, -0.2) is 0 Å². The lowest BCUT2D eigenvalue weighted by Crippen LogP contribution is -2.32. The molecule has 0 aliphatic heterocycles. The van der Waals surface area contributed by atoms with E-state index in [2.05, 4.69) is 10.6 Å². The fourth-order valence-corrected chi connectivity index (χ4v) is 3.16. The van der Waals surface area contributed by atoms with Crippen molar-refractivity contribution in [2.24, 2.45) is 0 Å². The molecule has 0 spiro atoms. The summed E-state index contributed by atoms with van der Waals surface area (Å²) in [5.74, 6) is -0.313. The van der Waals surface area contributed by atoms with E-state index in [1.807, 2.05) is 32.0 Å². The molecule has 0 heterocycles. The number of rotatable bonds is 4. The van der Waals surface area contributed by atoms with Crippen LogP contribution in [0.5, 0.6) is 0 Å². The smallest absolute Gasteiger partial charge is 0.255 e. The first-order chi connectivity index (χ1) is 12.0. The van der Waals surface area contributed by atoms with E-state index in [1.165, 1.54) is 18.4 Å². The Hall–Kier alpha value is -2.62. The Balaban J connectivity index is 1.70. The van der Waals surface area contributed by atoms with Crippen molar-refractivity contribution in [2.45, 2.75) is 45.6 Å². The lowest BCUT2D eigenvalue weighted by molar-refractivity contribution is 0.0938. The number of carbonyl (C=O) groups is 2. The van der Waals surface area contributed by atoms with Crippen molar-refractivity contribution in [1.82, 2.24) is 5.32 Å². The molecule has 1 saturated carbocycles. The van der Waals surface area contributed by atoms with Crippen LogP contribution in [0.15, 0.2) is 42.5 Å². The molecule has 0 radical (unpaired) electrons. The second kappa shape index (κ2) is 7.51. The van der Waals surface area contributed by atoms with Crippen molar-refractivity contribution in [3.63, 3.8) is 0 Å². The molecule has 1 aliphatic carbocycles. The van der Waals surface area contributed by atoms with Gasteiger partial charge in [-0.3, -0.25) is 9.59 Å². The zero-order valence-corrected chi connectivity index (χ0v) is 14.8. The molecule has 2 aromatic rings. The first-order valence-corrected chi connectivity index (χ1v) is 8.82. The van der Waals surface area contributed by atoms with Crippen LogP contribution in [0.1, 0.15) is 57.5 Å². The average molecular weight is 336 g/mol. The second-order valence-electron chi connectivity index (χ2n) is 6.79. The van der Waals surface area contributed by atoms with E-state index < -0.39 is 0 Å².